The minimum absolute atomic E-state index is 0.00758. The summed E-state index contributed by atoms with van der Waals surface area (Å²) in [6, 6.07) is 3.05. The zero-order chi connectivity index (χ0) is 15.9. The van der Waals surface area contributed by atoms with Crippen LogP contribution in [0.3, 0.4) is 0 Å². The number of nitrogens with zero attached hydrogens (tertiary/aromatic N) is 1. The van der Waals surface area contributed by atoms with E-state index in [1.807, 2.05) is 0 Å². The summed E-state index contributed by atoms with van der Waals surface area (Å²) in [5, 5.41) is 19.2. The SMILES string of the molecule is O=C(c1cc(Cl)c2c(c1)OCO2)N1CCC(O)(C(=O)O)CC1. The molecule has 2 aliphatic heterocycles. The van der Waals surface area contributed by atoms with Crippen molar-refractivity contribution in [2.45, 2.75) is 18.4 Å². The molecule has 2 heterocycles. The van der Waals surface area contributed by atoms with Gasteiger partial charge < -0.3 is 24.6 Å². The summed E-state index contributed by atoms with van der Waals surface area (Å²) in [4.78, 5) is 25.0. The molecule has 0 spiro atoms. The van der Waals surface area contributed by atoms with Crippen LogP contribution in [0, 0.1) is 0 Å². The lowest BCUT2D eigenvalue weighted by molar-refractivity contribution is -0.162. The number of carboxylic acids is 1. The Morgan fingerprint density at radius 2 is 1.91 bits per heavy atom. The average Bonchev–Trinajstić information content (AvgIpc) is 2.96. The summed E-state index contributed by atoms with van der Waals surface area (Å²) >= 11 is 6.05. The molecule has 1 amide bonds. The van der Waals surface area contributed by atoms with Crippen molar-refractivity contribution < 1.29 is 29.3 Å². The summed E-state index contributed by atoms with van der Waals surface area (Å²) in [7, 11) is 0. The maximum atomic E-state index is 12.5. The second-order valence-electron chi connectivity index (χ2n) is 5.32. The van der Waals surface area contributed by atoms with Gasteiger partial charge in [0.1, 0.15) is 0 Å². The largest absolute Gasteiger partial charge is 0.479 e. The van der Waals surface area contributed by atoms with Gasteiger partial charge in [-0.2, -0.15) is 0 Å². The molecule has 0 unspecified atom stereocenters. The van der Waals surface area contributed by atoms with Gasteiger partial charge in [-0.15, -0.1) is 0 Å². The Balaban J connectivity index is 1.76. The van der Waals surface area contributed by atoms with Crippen molar-refractivity contribution in [3.63, 3.8) is 0 Å². The normalized spacial score (nSPS) is 19.1. The number of benzene rings is 1. The fourth-order valence-electron chi connectivity index (χ4n) is 2.57. The number of ether oxygens (including phenoxy) is 2. The van der Waals surface area contributed by atoms with E-state index in [-0.39, 0.29) is 43.7 Å². The van der Waals surface area contributed by atoms with E-state index in [9.17, 15) is 14.7 Å². The number of carbonyl (C=O) groups excluding carboxylic acids is 1. The van der Waals surface area contributed by atoms with Gasteiger partial charge in [-0.05, 0) is 12.1 Å². The highest BCUT2D eigenvalue weighted by molar-refractivity contribution is 6.32. The fourth-order valence-corrected chi connectivity index (χ4v) is 2.83. The van der Waals surface area contributed by atoms with E-state index in [2.05, 4.69) is 0 Å². The third kappa shape index (κ3) is 2.46. The maximum Gasteiger partial charge on any atom is 0.335 e. The molecule has 8 heteroatoms. The molecular formula is C14H14ClNO6. The Kier molecular flexibility index (Phi) is 3.62. The summed E-state index contributed by atoms with van der Waals surface area (Å²) in [5.41, 5.74) is -1.42. The molecule has 0 saturated carbocycles. The Hall–Kier alpha value is -1.99. The number of fused-ring (bicyclic) bond motifs is 1. The molecule has 22 heavy (non-hydrogen) atoms. The van der Waals surface area contributed by atoms with Crippen LogP contribution >= 0.6 is 11.6 Å². The summed E-state index contributed by atoms with van der Waals surface area (Å²) < 4.78 is 10.4. The van der Waals surface area contributed by atoms with E-state index >= 15 is 0 Å². The zero-order valence-electron chi connectivity index (χ0n) is 11.5. The monoisotopic (exact) mass is 327 g/mol. The van der Waals surface area contributed by atoms with E-state index in [1.54, 1.807) is 6.07 Å². The van der Waals surface area contributed by atoms with E-state index in [4.69, 9.17) is 26.2 Å². The third-order valence-electron chi connectivity index (χ3n) is 3.95. The maximum absolute atomic E-state index is 12.5. The van der Waals surface area contributed by atoms with Crippen molar-refractivity contribution >= 4 is 23.5 Å². The van der Waals surface area contributed by atoms with E-state index in [0.29, 0.717) is 17.1 Å². The van der Waals surface area contributed by atoms with Gasteiger partial charge >= 0.3 is 5.97 Å². The van der Waals surface area contributed by atoms with Gasteiger partial charge in [-0.3, -0.25) is 4.79 Å². The van der Waals surface area contributed by atoms with Crippen LogP contribution in [-0.4, -0.2) is 52.5 Å². The Bertz CT molecular complexity index is 638. The average molecular weight is 328 g/mol. The number of halogens is 1. The highest BCUT2D eigenvalue weighted by Gasteiger charge is 2.40. The lowest BCUT2D eigenvalue weighted by Crippen LogP contribution is -2.50. The Morgan fingerprint density at radius 1 is 1.23 bits per heavy atom. The third-order valence-corrected chi connectivity index (χ3v) is 4.23. The first kappa shape index (κ1) is 14.9. The lowest BCUT2D eigenvalue weighted by Gasteiger charge is -2.35. The van der Waals surface area contributed by atoms with Gasteiger partial charge in [-0.25, -0.2) is 4.79 Å². The van der Waals surface area contributed by atoms with Gasteiger partial charge in [0, 0.05) is 31.5 Å². The van der Waals surface area contributed by atoms with Crippen LogP contribution in [0.25, 0.3) is 0 Å². The van der Waals surface area contributed by atoms with Gasteiger partial charge in [0.25, 0.3) is 5.91 Å². The molecule has 0 aromatic heterocycles. The van der Waals surface area contributed by atoms with Crippen LogP contribution in [0.1, 0.15) is 23.2 Å². The van der Waals surface area contributed by atoms with Gasteiger partial charge in [0.15, 0.2) is 17.1 Å². The molecule has 118 valence electrons. The Morgan fingerprint density at radius 3 is 2.55 bits per heavy atom. The minimum Gasteiger partial charge on any atom is -0.479 e. The van der Waals surface area contributed by atoms with Crippen LogP contribution < -0.4 is 9.47 Å². The van der Waals surface area contributed by atoms with Crippen LogP contribution in [0.5, 0.6) is 11.5 Å². The molecule has 0 radical (unpaired) electrons. The van der Waals surface area contributed by atoms with Crippen LogP contribution in [0.2, 0.25) is 5.02 Å². The first-order chi connectivity index (χ1) is 10.4. The minimum atomic E-state index is -1.76. The number of amides is 1. The van der Waals surface area contributed by atoms with E-state index in [0.717, 1.165) is 0 Å². The number of carboxylic acid groups (broad SMARTS) is 1. The first-order valence-electron chi connectivity index (χ1n) is 6.75. The predicted octanol–water partition coefficient (Wildman–Crippen LogP) is 1.12. The predicted molar refractivity (Wildman–Crippen MR) is 75.3 cm³/mol. The van der Waals surface area contributed by atoms with Gasteiger partial charge in [0.2, 0.25) is 6.79 Å². The van der Waals surface area contributed by atoms with Crippen molar-refractivity contribution in [2.75, 3.05) is 19.9 Å². The number of rotatable bonds is 2. The topological polar surface area (TPSA) is 96.3 Å². The molecule has 1 fully saturated rings. The quantitative estimate of drug-likeness (QED) is 0.845. The van der Waals surface area contributed by atoms with Crippen molar-refractivity contribution in [1.29, 1.82) is 0 Å². The molecule has 1 saturated heterocycles. The van der Waals surface area contributed by atoms with Gasteiger partial charge in [-0.1, -0.05) is 11.6 Å². The highest BCUT2D eigenvalue weighted by Crippen LogP contribution is 2.40. The number of likely N-dealkylation sites (tertiary alicyclic amines) is 1. The number of hydrogen-bond donors (Lipinski definition) is 2. The molecule has 2 aliphatic rings. The number of piperidine rings is 1. The van der Waals surface area contributed by atoms with Crippen molar-refractivity contribution in [3.05, 3.63) is 22.7 Å². The van der Waals surface area contributed by atoms with Crippen molar-refractivity contribution in [2.24, 2.45) is 0 Å². The zero-order valence-corrected chi connectivity index (χ0v) is 12.3. The number of aliphatic hydroxyl groups is 1. The lowest BCUT2D eigenvalue weighted by atomic mass is 9.91. The van der Waals surface area contributed by atoms with Crippen molar-refractivity contribution in [3.8, 4) is 11.5 Å². The smallest absolute Gasteiger partial charge is 0.335 e. The highest BCUT2D eigenvalue weighted by atomic mass is 35.5. The fraction of sp³-hybridized carbons (Fsp3) is 0.429. The first-order valence-corrected chi connectivity index (χ1v) is 7.13. The van der Waals surface area contributed by atoms with Gasteiger partial charge in [0.05, 0.1) is 5.02 Å². The Labute approximate surface area is 131 Å². The van der Waals surface area contributed by atoms with E-state index < -0.39 is 11.6 Å². The number of aliphatic carboxylic acids is 1. The molecule has 3 rings (SSSR count). The number of hydrogen-bond acceptors (Lipinski definition) is 5. The molecule has 0 atom stereocenters. The number of carbonyl (C=O) groups is 2. The van der Waals surface area contributed by atoms with Crippen LogP contribution in [-0.2, 0) is 4.79 Å². The van der Waals surface area contributed by atoms with Crippen molar-refractivity contribution in [1.82, 2.24) is 4.90 Å². The second-order valence-corrected chi connectivity index (χ2v) is 5.73. The molecule has 2 N–H and O–H groups in total. The standard InChI is InChI=1S/C14H14ClNO6/c15-9-5-8(6-10-11(9)22-7-21-10)12(17)16-3-1-14(20,2-4-16)13(18)19/h5-6,20H,1-4,7H2,(H,18,19). The molecule has 1 aromatic carbocycles. The molecule has 7 nitrogen and oxygen atoms in total. The van der Waals surface area contributed by atoms with Crippen LogP contribution in [0.4, 0.5) is 0 Å². The molecular weight excluding hydrogens is 314 g/mol. The summed E-state index contributed by atoms with van der Waals surface area (Å²) in [6.45, 7) is 0.378. The molecule has 0 aliphatic carbocycles. The van der Waals surface area contributed by atoms with E-state index in [1.165, 1.54) is 11.0 Å². The second kappa shape index (κ2) is 5.33. The molecule has 1 aromatic rings. The molecule has 0 bridgehead atoms. The summed E-state index contributed by atoms with van der Waals surface area (Å²) in [5.74, 6) is -0.717. The summed E-state index contributed by atoms with van der Waals surface area (Å²) in [6.07, 6.45) is -0.0152. The van der Waals surface area contributed by atoms with Crippen LogP contribution in [0.15, 0.2) is 12.1 Å².